The van der Waals surface area contributed by atoms with Gasteiger partial charge in [-0.1, -0.05) is 6.92 Å². The molecule has 0 unspecified atom stereocenters. The molecule has 0 atom stereocenters. The minimum atomic E-state index is -1.35. The minimum absolute atomic E-state index is 0.198. The van der Waals surface area contributed by atoms with Crippen molar-refractivity contribution >= 4 is 17.7 Å². The van der Waals surface area contributed by atoms with E-state index in [1.807, 2.05) is 0 Å². The number of carboxylic acids is 2. The maximum absolute atomic E-state index is 11.0. The molecule has 78 valence electrons. The van der Waals surface area contributed by atoms with E-state index in [-0.39, 0.29) is 29.8 Å². The Kier molecular flexibility index (Phi) is 4.55. The minimum Gasteiger partial charge on any atom is -0.478 e. The highest BCUT2D eigenvalue weighted by atomic mass is 16.4. The molecule has 0 aliphatic carbocycles. The predicted molar refractivity (Wildman–Crippen MR) is 47.9 cm³/mol. The lowest BCUT2D eigenvalue weighted by Crippen LogP contribution is -2.12. The number of hydrogen-bond donors (Lipinski definition) is 2. The Bertz CT molecular complexity index is 300. The van der Waals surface area contributed by atoms with Crippen LogP contribution in [0.3, 0.4) is 0 Å². The van der Waals surface area contributed by atoms with Gasteiger partial charge in [-0.15, -0.1) is 0 Å². The molecule has 2 N–H and O–H groups in total. The summed E-state index contributed by atoms with van der Waals surface area (Å²) in [5.41, 5.74) is -0.636. The lowest BCUT2D eigenvalue weighted by Gasteiger charge is -2.02. The number of carboxylic acid groups (broad SMARTS) is 2. The van der Waals surface area contributed by atoms with Gasteiger partial charge in [-0.3, -0.25) is 4.79 Å². The maximum Gasteiger partial charge on any atom is 0.332 e. The zero-order chi connectivity index (χ0) is 11.3. The second-order valence-electron chi connectivity index (χ2n) is 2.78. The number of carbonyl (C=O) groups is 3. The first-order valence-electron chi connectivity index (χ1n) is 4.08. The molecule has 5 heteroatoms. The number of Topliss-reactive ketones (excluding diaryl/α,β-unsaturated/α-hetero) is 1. The number of ketones is 1. The molecule has 0 rings (SSSR count). The van der Waals surface area contributed by atoms with Crippen LogP contribution in [0.1, 0.15) is 26.7 Å². The Morgan fingerprint density at radius 3 is 1.86 bits per heavy atom. The largest absolute Gasteiger partial charge is 0.478 e. The highest BCUT2D eigenvalue weighted by Crippen LogP contribution is 2.11. The van der Waals surface area contributed by atoms with Crippen molar-refractivity contribution in [1.29, 1.82) is 0 Å². The summed E-state index contributed by atoms with van der Waals surface area (Å²) >= 11 is 0. The lowest BCUT2D eigenvalue weighted by atomic mass is 10.0. The summed E-state index contributed by atoms with van der Waals surface area (Å²) in [6.45, 7) is 2.77. The molecule has 0 saturated heterocycles. The van der Waals surface area contributed by atoms with Crippen molar-refractivity contribution in [2.24, 2.45) is 0 Å². The Labute approximate surface area is 81.0 Å². The smallest absolute Gasteiger partial charge is 0.332 e. The van der Waals surface area contributed by atoms with Gasteiger partial charge < -0.3 is 10.2 Å². The lowest BCUT2D eigenvalue weighted by molar-refractivity contribution is -0.136. The zero-order valence-corrected chi connectivity index (χ0v) is 8.03. The van der Waals surface area contributed by atoms with Crippen LogP contribution in [0, 0.1) is 0 Å². The Morgan fingerprint density at radius 1 is 1.07 bits per heavy atom. The van der Waals surface area contributed by atoms with Gasteiger partial charge in [-0.25, -0.2) is 9.59 Å². The van der Waals surface area contributed by atoms with E-state index in [1.54, 1.807) is 6.92 Å². The van der Waals surface area contributed by atoms with Gasteiger partial charge in [0.2, 0.25) is 0 Å². The summed E-state index contributed by atoms with van der Waals surface area (Å²) < 4.78 is 0. The summed E-state index contributed by atoms with van der Waals surface area (Å²) in [6.07, 6.45) is -0.131. The topological polar surface area (TPSA) is 91.7 Å². The summed E-state index contributed by atoms with van der Waals surface area (Å²) in [4.78, 5) is 32.1. The number of carbonyl (C=O) groups excluding carboxylic acids is 1. The van der Waals surface area contributed by atoms with E-state index in [9.17, 15) is 14.4 Å². The molecule has 14 heavy (non-hydrogen) atoms. The molecule has 0 aromatic rings. The average molecular weight is 200 g/mol. The normalized spacial score (nSPS) is 11.9. The fourth-order valence-corrected chi connectivity index (χ4v) is 0.820. The summed E-state index contributed by atoms with van der Waals surface area (Å²) in [6, 6.07) is 0. The third-order valence-corrected chi connectivity index (χ3v) is 1.80. The average Bonchev–Trinajstić information content (AvgIpc) is 2.11. The van der Waals surface area contributed by atoms with Crippen molar-refractivity contribution in [3.05, 3.63) is 11.1 Å². The number of hydrogen-bond acceptors (Lipinski definition) is 3. The van der Waals surface area contributed by atoms with Crippen LogP contribution in [0.2, 0.25) is 0 Å². The van der Waals surface area contributed by atoms with Gasteiger partial charge in [-0.05, 0) is 6.92 Å². The molecule has 0 heterocycles. The van der Waals surface area contributed by atoms with Crippen LogP contribution in [-0.4, -0.2) is 27.9 Å². The van der Waals surface area contributed by atoms with Gasteiger partial charge in [0.15, 0.2) is 0 Å². The molecular weight excluding hydrogens is 188 g/mol. The fraction of sp³-hybridized carbons (Fsp3) is 0.444. The summed E-state index contributed by atoms with van der Waals surface area (Å²) in [5, 5.41) is 17.2. The molecule has 0 aliphatic rings. The first kappa shape index (κ1) is 12.3. The fourth-order valence-electron chi connectivity index (χ4n) is 0.820. The first-order valence-corrected chi connectivity index (χ1v) is 4.08. The van der Waals surface area contributed by atoms with Gasteiger partial charge in [0, 0.05) is 18.4 Å². The predicted octanol–water partition coefficient (Wildman–Crippen LogP) is 0.841. The molecule has 0 fully saturated rings. The van der Waals surface area contributed by atoms with Gasteiger partial charge >= 0.3 is 11.9 Å². The Morgan fingerprint density at radius 2 is 1.57 bits per heavy atom. The van der Waals surface area contributed by atoms with Gasteiger partial charge in [0.25, 0.3) is 0 Å². The Hall–Kier alpha value is -1.65. The molecule has 0 aromatic carbocycles. The molecule has 5 nitrogen and oxygen atoms in total. The molecule has 0 saturated carbocycles. The van der Waals surface area contributed by atoms with Crippen LogP contribution in [0.15, 0.2) is 11.1 Å². The van der Waals surface area contributed by atoms with Gasteiger partial charge in [0.05, 0.1) is 5.57 Å². The van der Waals surface area contributed by atoms with Crippen molar-refractivity contribution in [1.82, 2.24) is 0 Å². The SMILES string of the molecule is CCC(=O)C/C(C(=O)O)=C(/C)C(=O)O. The van der Waals surface area contributed by atoms with Crippen LogP contribution >= 0.6 is 0 Å². The molecule has 0 aliphatic heterocycles. The van der Waals surface area contributed by atoms with Crippen LogP contribution in [0.25, 0.3) is 0 Å². The second-order valence-corrected chi connectivity index (χ2v) is 2.78. The van der Waals surface area contributed by atoms with E-state index in [0.717, 1.165) is 0 Å². The number of aliphatic carboxylic acids is 2. The molecule has 0 spiro atoms. The van der Waals surface area contributed by atoms with E-state index >= 15 is 0 Å². The number of rotatable bonds is 5. The molecule has 0 aromatic heterocycles. The quantitative estimate of drug-likeness (QED) is 0.641. The van der Waals surface area contributed by atoms with Crippen LogP contribution in [0.4, 0.5) is 0 Å². The summed E-state index contributed by atoms with van der Waals surface area (Å²) in [5.74, 6) is -2.96. The van der Waals surface area contributed by atoms with E-state index in [1.165, 1.54) is 6.92 Å². The third kappa shape index (κ3) is 3.38. The highest BCUT2D eigenvalue weighted by Gasteiger charge is 2.18. The van der Waals surface area contributed by atoms with Crippen molar-refractivity contribution in [2.45, 2.75) is 26.7 Å². The zero-order valence-electron chi connectivity index (χ0n) is 8.03. The highest BCUT2D eigenvalue weighted by molar-refractivity contribution is 6.02. The molecular formula is C9H12O5. The Balaban J connectivity index is 4.96. The van der Waals surface area contributed by atoms with E-state index in [0.29, 0.717) is 0 Å². The monoisotopic (exact) mass is 200 g/mol. The first-order chi connectivity index (χ1) is 6.40. The second kappa shape index (κ2) is 5.16. The van der Waals surface area contributed by atoms with Crippen molar-refractivity contribution in [2.75, 3.05) is 0 Å². The third-order valence-electron chi connectivity index (χ3n) is 1.80. The van der Waals surface area contributed by atoms with Gasteiger partial charge in [-0.2, -0.15) is 0 Å². The van der Waals surface area contributed by atoms with E-state index in [2.05, 4.69) is 0 Å². The van der Waals surface area contributed by atoms with Gasteiger partial charge in [0.1, 0.15) is 5.78 Å². The maximum atomic E-state index is 11.0. The molecule has 0 radical (unpaired) electrons. The van der Waals surface area contributed by atoms with Crippen molar-refractivity contribution in [3.8, 4) is 0 Å². The van der Waals surface area contributed by atoms with Crippen molar-refractivity contribution < 1.29 is 24.6 Å². The van der Waals surface area contributed by atoms with E-state index < -0.39 is 11.9 Å². The van der Waals surface area contributed by atoms with Crippen molar-refractivity contribution in [3.63, 3.8) is 0 Å². The summed E-state index contributed by atoms with van der Waals surface area (Å²) in [7, 11) is 0. The molecule has 0 amide bonds. The molecule has 0 bridgehead atoms. The van der Waals surface area contributed by atoms with E-state index in [4.69, 9.17) is 10.2 Å². The van der Waals surface area contributed by atoms with Crippen LogP contribution in [-0.2, 0) is 14.4 Å². The van der Waals surface area contributed by atoms with Crippen LogP contribution in [0.5, 0.6) is 0 Å². The standard InChI is InChI=1S/C9H12O5/c1-3-6(10)4-7(9(13)14)5(2)8(11)12/h3-4H2,1-2H3,(H,11,12)(H,13,14)/b7-5+. The van der Waals surface area contributed by atoms with Crippen LogP contribution < -0.4 is 0 Å².